The third kappa shape index (κ3) is 2.32. The highest BCUT2D eigenvalue weighted by Crippen LogP contribution is 2.46. The molecule has 164 valence electrons. The van der Waals surface area contributed by atoms with Crippen molar-refractivity contribution in [1.29, 1.82) is 0 Å². The van der Waals surface area contributed by atoms with Crippen molar-refractivity contribution in [1.82, 2.24) is 9.55 Å². The molecule has 0 bridgehead atoms. The number of aryl methyl sites for hydroxylation is 1. The Morgan fingerprint density at radius 2 is 2.16 bits per heavy atom. The maximum atomic E-state index is 14.7. The van der Waals surface area contributed by atoms with Crippen molar-refractivity contribution in [3.8, 4) is 11.4 Å². The van der Waals surface area contributed by atoms with E-state index in [0.717, 1.165) is 34.9 Å². The van der Waals surface area contributed by atoms with Gasteiger partial charge in [-0.2, -0.15) is 0 Å². The first-order valence-corrected chi connectivity index (χ1v) is 11.2. The molecule has 1 aromatic carbocycles. The molecular weight excluding hydrogens is 429 g/mol. The van der Waals surface area contributed by atoms with Crippen molar-refractivity contribution in [3.63, 3.8) is 0 Å². The van der Waals surface area contributed by atoms with Gasteiger partial charge in [0.1, 0.15) is 17.1 Å². The van der Waals surface area contributed by atoms with E-state index in [2.05, 4.69) is 0 Å². The lowest BCUT2D eigenvalue weighted by atomic mass is 9.82. The second-order valence-electron chi connectivity index (χ2n) is 8.96. The van der Waals surface area contributed by atoms with Crippen LogP contribution in [-0.4, -0.2) is 20.6 Å². The van der Waals surface area contributed by atoms with E-state index in [1.807, 2.05) is 4.57 Å². The molecule has 1 aliphatic carbocycles. The first-order valence-electron chi connectivity index (χ1n) is 10.8. The summed E-state index contributed by atoms with van der Waals surface area (Å²) in [6, 6.07) is 3.10. The zero-order valence-corrected chi connectivity index (χ0v) is 18.6. The van der Waals surface area contributed by atoms with Gasteiger partial charge < -0.3 is 20.1 Å². The van der Waals surface area contributed by atoms with Gasteiger partial charge in [0.15, 0.2) is 5.60 Å². The van der Waals surface area contributed by atoms with Gasteiger partial charge in [-0.25, -0.2) is 14.2 Å². The largest absolute Gasteiger partial charge is 0.458 e. The number of ether oxygens (including phenoxy) is 1. The number of benzene rings is 1. The SMILES string of the molecule is CC[C@@]1(O)C(=O)OCc2c1cc1n(c2=S)Cc2c-1nc1cc(F)c(C)c3c1c2C(N)CC3. The van der Waals surface area contributed by atoms with E-state index in [9.17, 15) is 14.3 Å². The van der Waals surface area contributed by atoms with Gasteiger partial charge >= 0.3 is 5.97 Å². The van der Waals surface area contributed by atoms with Crippen molar-refractivity contribution in [2.24, 2.45) is 5.73 Å². The number of aromatic nitrogens is 2. The van der Waals surface area contributed by atoms with Crippen molar-refractivity contribution in [2.75, 3.05) is 0 Å². The van der Waals surface area contributed by atoms with Gasteiger partial charge in [-0.15, -0.1) is 0 Å². The van der Waals surface area contributed by atoms with E-state index in [1.165, 1.54) is 6.07 Å². The highest BCUT2D eigenvalue weighted by Gasteiger charge is 2.45. The molecular formula is C24H22FN3O3S. The zero-order valence-electron chi connectivity index (χ0n) is 17.8. The van der Waals surface area contributed by atoms with E-state index in [-0.39, 0.29) is 24.9 Å². The fourth-order valence-electron chi connectivity index (χ4n) is 5.59. The molecule has 2 aliphatic heterocycles. The van der Waals surface area contributed by atoms with Crippen LogP contribution in [-0.2, 0) is 34.7 Å². The Balaban J connectivity index is 1.70. The summed E-state index contributed by atoms with van der Waals surface area (Å²) >= 11 is 5.78. The number of carbonyl (C=O) groups excluding carboxylic acids is 1. The fourth-order valence-corrected chi connectivity index (χ4v) is 5.92. The average molecular weight is 452 g/mol. The Morgan fingerprint density at radius 3 is 2.91 bits per heavy atom. The van der Waals surface area contributed by atoms with Gasteiger partial charge in [0.2, 0.25) is 0 Å². The number of cyclic esters (lactones) is 1. The molecule has 3 N–H and O–H groups in total. The Hall–Kier alpha value is -2.68. The molecule has 0 radical (unpaired) electrons. The summed E-state index contributed by atoms with van der Waals surface area (Å²) in [6.07, 6.45) is 1.62. The Bertz CT molecular complexity index is 1450. The van der Waals surface area contributed by atoms with Gasteiger partial charge in [0.05, 0.1) is 23.4 Å². The Labute approximate surface area is 188 Å². The molecule has 3 aromatic rings. The maximum absolute atomic E-state index is 14.7. The quantitative estimate of drug-likeness (QED) is 0.338. The number of nitrogens with zero attached hydrogens (tertiary/aromatic N) is 2. The number of pyridine rings is 2. The molecule has 6 nitrogen and oxygen atoms in total. The third-order valence-corrected chi connectivity index (χ3v) is 7.89. The fraction of sp³-hybridized carbons (Fsp3) is 0.375. The van der Waals surface area contributed by atoms with Crippen LogP contribution in [0.2, 0.25) is 0 Å². The van der Waals surface area contributed by atoms with Crippen molar-refractivity contribution >= 4 is 29.1 Å². The van der Waals surface area contributed by atoms with Gasteiger partial charge in [-0.1, -0.05) is 19.1 Å². The van der Waals surface area contributed by atoms with Crippen LogP contribution in [0.15, 0.2) is 12.1 Å². The summed E-state index contributed by atoms with van der Waals surface area (Å²) in [5, 5.41) is 12.1. The number of aliphatic hydroxyl groups is 1. The smallest absolute Gasteiger partial charge is 0.343 e. The summed E-state index contributed by atoms with van der Waals surface area (Å²) in [5.41, 5.74) is 11.5. The number of rotatable bonds is 1. The number of hydrogen-bond donors (Lipinski definition) is 2. The highest BCUT2D eigenvalue weighted by molar-refractivity contribution is 7.71. The summed E-state index contributed by atoms with van der Waals surface area (Å²) in [4.78, 5) is 17.3. The monoisotopic (exact) mass is 451 g/mol. The lowest BCUT2D eigenvalue weighted by molar-refractivity contribution is -0.172. The van der Waals surface area contributed by atoms with Crippen LogP contribution in [0.3, 0.4) is 0 Å². The molecule has 2 aromatic heterocycles. The van der Waals surface area contributed by atoms with Crippen LogP contribution in [0.25, 0.3) is 22.3 Å². The van der Waals surface area contributed by atoms with Gasteiger partial charge in [0.25, 0.3) is 0 Å². The predicted octanol–water partition coefficient (Wildman–Crippen LogP) is 3.84. The minimum absolute atomic E-state index is 0.0300. The summed E-state index contributed by atoms with van der Waals surface area (Å²) in [6.45, 7) is 4.06. The van der Waals surface area contributed by atoms with Crippen molar-refractivity contribution in [2.45, 2.75) is 57.9 Å². The Morgan fingerprint density at radius 1 is 1.38 bits per heavy atom. The predicted molar refractivity (Wildman–Crippen MR) is 119 cm³/mol. The van der Waals surface area contributed by atoms with Crippen LogP contribution in [0.1, 0.15) is 59.2 Å². The van der Waals surface area contributed by atoms with Gasteiger partial charge in [-0.3, -0.25) is 0 Å². The van der Waals surface area contributed by atoms with E-state index in [0.29, 0.717) is 44.8 Å². The number of nitrogens with two attached hydrogens (primary N) is 1. The van der Waals surface area contributed by atoms with Gasteiger partial charge in [0, 0.05) is 34.2 Å². The molecule has 1 unspecified atom stereocenters. The molecule has 0 spiro atoms. The molecule has 3 aliphatic rings. The first kappa shape index (κ1) is 20.0. The third-order valence-electron chi connectivity index (χ3n) is 7.42. The second kappa shape index (κ2) is 6.43. The lowest BCUT2D eigenvalue weighted by Gasteiger charge is -2.32. The summed E-state index contributed by atoms with van der Waals surface area (Å²) < 4.78 is 22.4. The normalized spacial score (nSPS) is 23.0. The molecule has 2 atom stereocenters. The molecule has 0 saturated heterocycles. The minimum atomic E-state index is -1.75. The van der Waals surface area contributed by atoms with E-state index < -0.39 is 11.6 Å². The second-order valence-corrected chi connectivity index (χ2v) is 9.34. The van der Waals surface area contributed by atoms with Crippen LogP contribution in [0.4, 0.5) is 4.39 Å². The lowest BCUT2D eigenvalue weighted by Crippen LogP contribution is -2.41. The molecule has 4 heterocycles. The maximum Gasteiger partial charge on any atom is 0.343 e. The molecule has 32 heavy (non-hydrogen) atoms. The Kier molecular flexibility index (Phi) is 4.01. The minimum Gasteiger partial charge on any atom is -0.458 e. The molecule has 0 amide bonds. The standard InChI is InChI=1S/C24H22FN3O3S/c1-3-24(30)14-6-18-21-12(8-28(18)22(32)13(14)9-31-23(24)29)19-16(26)5-4-11-10(2)15(25)7-17(27-21)20(11)19/h6-7,16,30H,3-5,8-9,26H2,1-2H3/t16?,24-/m0/s1. The van der Waals surface area contributed by atoms with Crippen LogP contribution in [0, 0.1) is 17.4 Å². The zero-order chi connectivity index (χ0) is 22.5. The topological polar surface area (TPSA) is 90.4 Å². The van der Waals surface area contributed by atoms with Crippen LogP contribution >= 0.6 is 12.2 Å². The summed E-state index contributed by atoms with van der Waals surface area (Å²) in [7, 11) is 0. The number of hydrogen-bond acceptors (Lipinski definition) is 6. The van der Waals surface area contributed by atoms with Crippen molar-refractivity contribution in [3.05, 3.63) is 56.0 Å². The molecule has 6 rings (SSSR count). The van der Waals surface area contributed by atoms with Crippen LogP contribution in [0.5, 0.6) is 0 Å². The molecule has 0 saturated carbocycles. The van der Waals surface area contributed by atoms with Crippen molar-refractivity contribution < 1.29 is 19.0 Å². The average Bonchev–Trinajstić information content (AvgIpc) is 3.14. The van der Waals surface area contributed by atoms with E-state index in [1.54, 1.807) is 19.9 Å². The van der Waals surface area contributed by atoms with Crippen LogP contribution < -0.4 is 5.73 Å². The van der Waals surface area contributed by atoms with E-state index in [4.69, 9.17) is 27.7 Å². The molecule has 0 fully saturated rings. The highest BCUT2D eigenvalue weighted by atomic mass is 32.1. The summed E-state index contributed by atoms with van der Waals surface area (Å²) in [5.74, 6) is -0.944. The number of esters is 1. The van der Waals surface area contributed by atoms with E-state index >= 15 is 0 Å². The number of fused-ring (bicyclic) bond motifs is 5. The van der Waals surface area contributed by atoms with Gasteiger partial charge in [-0.05, 0) is 48.9 Å². The molecule has 8 heteroatoms. The first-order chi connectivity index (χ1) is 15.3. The number of carbonyl (C=O) groups is 1. The number of halogens is 1.